The maximum Gasteiger partial charge on any atom is 0.223 e. The molecule has 0 aliphatic carbocycles. The van der Waals surface area contributed by atoms with Gasteiger partial charge in [0.15, 0.2) is 0 Å². The summed E-state index contributed by atoms with van der Waals surface area (Å²) in [6.07, 6.45) is 3.31. The van der Waals surface area contributed by atoms with E-state index in [2.05, 4.69) is 19.2 Å². The van der Waals surface area contributed by atoms with Gasteiger partial charge in [-0.05, 0) is 61.3 Å². The van der Waals surface area contributed by atoms with Gasteiger partial charge in [0.2, 0.25) is 15.9 Å². The predicted molar refractivity (Wildman–Crippen MR) is 136 cm³/mol. The van der Waals surface area contributed by atoms with Crippen LogP contribution in [0.2, 0.25) is 0 Å². The summed E-state index contributed by atoms with van der Waals surface area (Å²) in [5, 5.41) is 3.23. The van der Waals surface area contributed by atoms with Crippen molar-refractivity contribution in [2.45, 2.75) is 52.0 Å². The summed E-state index contributed by atoms with van der Waals surface area (Å²) in [4.78, 5) is 13.1. The molecule has 1 amide bonds. The number of nitrogens with zero attached hydrogens (tertiary/aromatic N) is 1. The van der Waals surface area contributed by atoms with Gasteiger partial charge in [-0.3, -0.25) is 4.79 Å². The van der Waals surface area contributed by atoms with Crippen molar-refractivity contribution in [2.75, 3.05) is 26.0 Å². The monoisotopic (exact) mass is 486 g/mol. The van der Waals surface area contributed by atoms with E-state index >= 15 is 0 Å². The van der Waals surface area contributed by atoms with Crippen molar-refractivity contribution in [3.63, 3.8) is 0 Å². The largest absolute Gasteiger partial charge is 0.497 e. The standard InChI is InChI=1S/C27H38N2O4S/c1-21(2)20-26(23-11-13-25(33-3)14-12-23)28-27(30)24-15-17-29(18-16-24)34(31,32)19-7-10-22-8-5-4-6-9-22/h4-6,8-9,11-14,21,24,26H,7,10,15-20H2,1-3H3,(H,28,30). The van der Waals surface area contributed by atoms with Crippen molar-refractivity contribution >= 4 is 15.9 Å². The van der Waals surface area contributed by atoms with Crippen molar-refractivity contribution in [3.8, 4) is 5.75 Å². The normalized spacial score (nSPS) is 16.4. The Bertz CT molecular complexity index is 999. The van der Waals surface area contributed by atoms with E-state index in [4.69, 9.17) is 4.74 Å². The van der Waals surface area contributed by atoms with Gasteiger partial charge in [-0.1, -0.05) is 56.3 Å². The second-order valence-electron chi connectivity index (χ2n) is 9.54. The Labute approximate surface area is 204 Å². The first-order valence-electron chi connectivity index (χ1n) is 12.2. The molecule has 3 rings (SSSR count). The SMILES string of the molecule is COc1ccc(C(CC(C)C)NC(=O)C2CCN(S(=O)(=O)CCCc3ccccc3)CC2)cc1. The van der Waals surface area contributed by atoms with Gasteiger partial charge in [0.05, 0.1) is 18.9 Å². The molecule has 0 saturated carbocycles. The molecule has 2 aromatic rings. The molecule has 1 unspecified atom stereocenters. The number of methoxy groups -OCH3 is 1. The van der Waals surface area contributed by atoms with Gasteiger partial charge in [0.1, 0.15) is 5.75 Å². The lowest BCUT2D eigenvalue weighted by atomic mass is 9.93. The minimum Gasteiger partial charge on any atom is -0.497 e. The van der Waals surface area contributed by atoms with E-state index in [1.54, 1.807) is 11.4 Å². The molecular weight excluding hydrogens is 448 g/mol. The van der Waals surface area contributed by atoms with Gasteiger partial charge in [0, 0.05) is 19.0 Å². The van der Waals surface area contributed by atoms with E-state index in [1.165, 1.54) is 0 Å². The molecule has 186 valence electrons. The predicted octanol–water partition coefficient (Wildman–Crippen LogP) is 4.57. The first-order chi connectivity index (χ1) is 16.3. The molecule has 6 nitrogen and oxygen atoms in total. The van der Waals surface area contributed by atoms with Crippen molar-refractivity contribution in [2.24, 2.45) is 11.8 Å². The highest BCUT2D eigenvalue weighted by Crippen LogP contribution is 2.26. The van der Waals surface area contributed by atoms with Crippen LogP contribution in [0, 0.1) is 11.8 Å². The van der Waals surface area contributed by atoms with Crippen LogP contribution >= 0.6 is 0 Å². The number of aryl methyl sites for hydroxylation is 1. The Morgan fingerprint density at radius 3 is 2.29 bits per heavy atom. The molecule has 0 radical (unpaired) electrons. The second-order valence-corrected chi connectivity index (χ2v) is 11.6. The molecule has 1 atom stereocenters. The van der Waals surface area contributed by atoms with Crippen molar-refractivity contribution in [3.05, 3.63) is 65.7 Å². The Morgan fingerprint density at radius 1 is 1.06 bits per heavy atom. The summed E-state index contributed by atoms with van der Waals surface area (Å²) in [5.74, 6) is 1.21. The first kappa shape index (κ1) is 26.2. The average molecular weight is 487 g/mol. The minimum atomic E-state index is -3.30. The number of ether oxygens (including phenoxy) is 1. The zero-order valence-corrected chi connectivity index (χ0v) is 21.4. The lowest BCUT2D eigenvalue weighted by molar-refractivity contribution is -0.127. The smallest absolute Gasteiger partial charge is 0.223 e. The molecule has 7 heteroatoms. The van der Waals surface area contributed by atoms with E-state index in [1.807, 2.05) is 54.6 Å². The summed E-state index contributed by atoms with van der Waals surface area (Å²) in [5.41, 5.74) is 2.21. The first-order valence-corrected chi connectivity index (χ1v) is 13.9. The Balaban J connectivity index is 1.51. The van der Waals surface area contributed by atoms with Crippen LogP contribution in [0.1, 0.15) is 56.7 Å². The number of benzene rings is 2. The van der Waals surface area contributed by atoms with Crippen LogP contribution in [0.3, 0.4) is 0 Å². The van der Waals surface area contributed by atoms with Gasteiger partial charge in [0.25, 0.3) is 0 Å². The molecule has 2 aromatic carbocycles. The van der Waals surface area contributed by atoms with Crippen LogP contribution in [-0.2, 0) is 21.2 Å². The number of carbonyl (C=O) groups is 1. The number of hydrogen-bond acceptors (Lipinski definition) is 4. The summed E-state index contributed by atoms with van der Waals surface area (Å²) >= 11 is 0. The fourth-order valence-electron chi connectivity index (χ4n) is 4.50. The molecule has 1 heterocycles. The van der Waals surface area contributed by atoms with Crippen LogP contribution < -0.4 is 10.1 Å². The third-order valence-electron chi connectivity index (χ3n) is 6.47. The minimum absolute atomic E-state index is 0.0163. The fraction of sp³-hybridized carbons (Fsp3) is 0.519. The van der Waals surface area contributed by atoms with Crippen LogP contribution in [0.5, 0.6) is 5.75 Å². The molecule has 0 aromatic heterocycles. The molecule has 0 spiro atoms. The average Bonchev–Trinajstić information content (AvgIpc) is 2.84. The number of carbonyl (C=O) groups excluding carboxylic acids is 1. The number of nitrogens with one attached hydrogen (secondary N) is 1. The Morgan fingerprint density at radius 2 is 1.71 bits per heavy atom. The highest BCUT2D eigenvalue weighted by molar-refractivity contribution is 7.89. The fourth-order valence-corrected chi connectivity index (χ4v) is 6.04. The molecular formula is C27H38N2O4S. The molecule has 1 saturated heterocycles. The van der Waals surface area contributed by atoms with Crippen LogP contribution in [0.15, 0.2) is 54.6 Å². The van der Waals surface area contributed by atoms with E-state index in [9.17, 15) is 13.2 Å². The van der Waals surface area contributed by atoms with E-state index in [0.29, 0.717) is 38.3 Å². The third kappa shape index (κ3) is 7.57. The maximum atomic E-state index is 13.1. The number of amides is 1. The van der Waals surface area contributed by atoms with E-state index in [0.717, 1.165) is 29.7 Å². The molecule has 1 aliphatic rings. The summed E-state index contributed by atoms with van der Waals surface area (Å²) < 4.78 is 32.4. The van der Waals surface area contributed by atoms with Crippen LogP contribution in [-0.4, -0.2) is 44.6 Å². The molecule has 1 aliphatic heterocycles. The van der Waals surface area contributed by atoms with Gasteiger partial charge in [-0.15, -0.1) is 0 Å². The highest BCUT2D eigenvalue weighted by Gasteiger charge is 2.31. The van der Waals surface area contributed by atoms with Gasteiger partial charge in [-0.25, -0.2) is 12.7 Å². The number of sulfonamides is 1. The summed E-state index contributed by atoms with van der Waals surface area (Å²) in [6.45, 7) is 5.10. The van der Waals surface area contributed by atoms with Gasteiger partial charge < -0.3 is 10.1 Å². The van der Waals surface area contributed by atoms with Crippen LogP contribution in [0.25, 0.3) is 0 Å². The Hall–Kier alpha value is -2.38. The second kappa shape index (κ2) is 12.4. The van der Waals surface area contributed by atoms with Crippen molar-refractivity contribution < 1.29 is 17.9 Å². The number of rotatable bonds is 11. The van der Waals surface area contributed by atoms with E-state index in [-0.39, 0.29) is 23.6 Å². The van der Waals surface area contributed by atoms with Crippen molar-refractivity contribution in [1.29, 1.82) is 0 Å². The van der Waals surface area contributed by atoms with Gasteiger partial charge >= 0.3 is 0 Å². The third-order valence-corrected chi connectivity index (χ3v) is 8.43. The maximum absolute atomic E-state index is 13.1. The van der Waals surface area contributed by atoms with Crippen LogP contribution in [0.4, 0.5) is 0 Å². The van der Waals surface area contributed by atoms with Crippen molar-refractivity contribution in [1.82, 2.24) is 9.62 Å². The topological polar surface area (TPSA) is 75.7 Å². The summed E-state index contributed by atoms with van der Waals surface area (Å²) in [6, 6.07) is 17.7. The van der Waals surface area contributed by atoms with E-state index < -0.39 is 10.0 Å². The zero-order valence-electron chi connectivity index (χ0n) is 20.6. The Kier molecular flexibility index (Phi) is 9.54. The molecule has 1 fully saturated rings. The van der Waals surface area contributed by atoms with Gasteiger partial charge in [-0.2, -0.15) is 0 Å². The summed E-state index contributed by atoms with van der Waals surface area (Å²) in [7, 11) is -1.66. The quantitative estimate of drug-likeness (QED) is 0.505. The highest BCUT2D eigenvalue weighted by atomic mass is 32.2. The molecule has 34 heavy (non-hydrogen) atoms. The lowest BCUT2D eigenvalue weighted by Crippen LogP contribution is -2.44. The zero-order chi connectivity index (χ0) is 24.6. The number of hydrogen-bond donors (Lipinski definition) is 1. The lowest BCUT2D eigenvalue weighted by Gasteiger charge is -2.32. The molecule has 1 N–H and O–H groups in total. The number of piperidine rings is 1. The molecule has 0 bridgehead atoms.